The highest BCUT2D eigenvalue weighted by atomic mass is 32.2. The Morgan fingerprint density at radius 3 is 2.18 bits per heavy atom. The number of nitrogens with one attached hydrogen (secondary N) is 1. The number of hydrogen-bond acceptors (Lipinski definition) is 4. The van der Waals surface area contributed by atoms with Crippen LogP contribution in [0.4, 0.5) is 5.69 Å². The van der Waals surface area contributed by atoms with Crippen LogP contribution in [0.1, 0.15) is 36.6 Å². The van der Waals surface area contributed by atoms with E-state index in [9.17, 15) is 13.2 Å². The number of carbonyl (C=O) groups excluding carboxylic acids is 1. The third-order valence-electron chi connectivity index (χ3n) is 4.25. The van der Waals surface area contributed by atoms with E-state index < -0.39 is 10.0 Å². The first kappa shape index (κ1) is 21.8. The Morgan fingerprint density at radius 2 is 1.68 bits per heavy atom. The highest BCUT2D eigenvalue weighted by Crippen LogP contribution is 2.22. The molecule has 0 saturated carbocycles. The van der Waals surface area contributed by atoms with Crippen LogP contribution in [0.2, 0.25) is 0 Å². The van der Waals surface area contributed by atoms with Crippen LogP contribution in [-0.4, -0.2) is 33.7 Å². The van der Waals surface area contributed by atoms with Crippen LogP contribution in [0.25, 0.3) is 0 Å². The van der Waals surface area contributed by atoms with Crippen molar-refractivity contribution >= 4 is 21.6 Å². The molecule has 7 heteroatoms. The predicted molar refractivity (Wildman–Crippen MR) is 112 cm³/mol. The van der Waals surface area contributed by atoms with Crippen molar-refractivity contribution < 1.29 is 17.9 Å². The Kier molecular flexibility index (Phi) is 7.07. The summed E-state index contributed by atoms with van der Waals surface area (Å²) in [7, 11) is -3.60. The highest BCUT2D eigenvalue weighted by molar-refractivity contribution is 7.92. The molecule has 0 saturated heterocycles. The van der Waals surface area contributed by atoms with Gasteiger partial charge in [0, 0.05) is 0 Å². The maximum Gasteiger partial charge on any atom is 0.241 e. The Morgan fingerprint density at radius 1 is 1.11 bits per heavy atom. The number of ether oxygens (including phenoxy) is 1. The van der Waals surface area contributed by atoms with Crippen LogP contribution in [0, 0.1) is 13.8 Å². The second-order valence-electron chi connectivity index (χ2n) is 6.91. The summed E-state index contributed by atoms with van der Waals surface area (Å²) < 4.78 is 31.1. The molecular weight excluding hydrogens is 376 g/mol. The van der Waals surface area contributed by atoms with Gasteiger partial charge < -0.3 is 10.1 Å². The number of benzene rings is 2. The number of hydrogen-bond donors (Lipinski definition) is 1. The fraction of sp³-hybridized carbons (Fsp3) is 0.381. The molecule has 0 aliphatic rings. The fourth-order valence-corrected chi connectivity index (χ4v) is 3.86. The van der Waals surface area contributed by atoms with E-state index >= 15 is 0 Å². The van der Waals surface area contributed by atoms with E-state index in [0.29, 0.717) is 12.3 Å². The first-order chi connectivity index (χ1) is 13.1. The molecule has 152 valence electrons. The van der Waals surface area contributed by atoms with Crippen molar-refractivity contribution in [2.75, 3.05) is 23.7 Å². The lowest BCUT2D eigenvalue weighted by Gasteiger charge is -2.24. The molecule has 0 heterocycles. The van der Waals surface area contributed by atoms with Gasteiger partial charge in [0.25, 0.3) is 0 Å². The summed E-state index contributed by atoms with van der Waals surface area (Å²) in [5.41, 5.74) is 3.27. The van der Waals surface area contributed by atoms with Gasteiger partial charge in [-0.2, -0.15) is 0 Å². The van der Waals surface area contributed by atoms with Gasteiger partial charge in [0.05, 0.1) is 24.6 Å². The van der Waals surface area contributed by atoms with Gasteiger partial charge >= 0.3 is 0 Å². The van der Waals surface area contributed by atoms with Crippen molar-refractivity contribution in [2.45, 2.75) is 33.7 Å². The van der Waals surface area contributed by atoms with Gasteiger partial charge in [-0.3, -0.25) is 9.10 Å². The molecule has 0 unspecified atom stereocenters. The zero-order chi connectivity index (χ0) is 20.9. The summed E-state index contributed by atoms with van der Waals surface area (Å²) in [6.07, 6.45) is 1.10. The van der Waals surface area contributed by atoms with E-state index in [1.165, 1.54) is 0 Å². The number of rotatable bonds is 8. The van der Waals surface area contributed by atoms with Gasteiger partial charge in [-0.15, -0.1) is 0 Å². The first-order valence-corrected chi connectivity index (χ1v) is 11.0. The molecule has 0 radical (unpaired) electrons. The first-order valence-electron chi connectivity index (χ1n) is 9.18. The second-order valence-corrected chi connectivity index (χ2v) is 8.81. The molecule has 2 rings (SSSR count). The van der Waals surface area contributed by atoms with Gasteiger partial charge in [-0.1, -0.05) is 18.2 Å². The molecule has 0 bridgehead atoms. The lowest BCUT2D eigenvalue weighted by atomic mass is 10.1. The smallest absolute Gasteiger partial charge is 0.241 e. The third-order valence-corrected chi connectivity index (χ3v) is 5.39. The number of aryl methyl sites for hydroxylation is 2. The predicted octanol–water partition coefficient (Wildman–Crippen LogP) is 3.35. The number of anilines is 1. The van der Waals surface area contributed by atoms with E-state index in [2.05, 4.69) is 5.32 Å². The van der Waals surface area contributed by atoms with Crippen molar-refractivity contribution in [3.05, 3.63) is 59.2 Å². The van der Waals surface area contributed by atoms with Crippen LogP contribution in [0.3, 0.4) is 0 Å². The van der Waals surface area contributed by atoms with Gasteiger partial charge in [0.2, 0.25) is 15.9 Å². The highest BCUT2D eigenvalue weighted by Gasteiger charge is 2.22. The van der Waals surface area contributed by atoms with Crippen LogP contribution in [-0.2, 0) is 14.8 Å². The van der Waals surface area contributed by atoms with Crippen molar-refractivity contribution in [1.82, 2.24) is 5.32 Å². The molecular formula is C21H28N2O4S. The summed E-state index contributed by atoms with van der Waals surface area (Å²) in [6.45, 7) is 7.87. The molecule has 28 heavy (non-hydrogen) atoms. The molecule has 0 spiro atoms. The Balaban J connectivity index is 2.13. The third kappa shape index (κ3) is 5.99. The molecule has 2 aromatic carbocycles. The normalized spacial score (nSPS) is 12.3. The molecule has 0 aliphatic carbocycles. The van der Waals surface area contributed by atoms with Crippen molar-refractivity contribution in [3.63, 3.8) is 0 Å². The summed E-state index contributed by atoms with van der Waals surface area (Å²) >= 11 is 0. The monoisotopic (exact) mass is 404 g/mol. The standard InChI is InChI=1S/C21H28N2O4S/c1-6-27-20-9-7-18(8-10-20)17(4)22-21(24)14-23(28(5,25)26)19-12-15(2)11-16(3)13-19/h7-13,17H,6,14H2,1-5H3,(H,22,24)/t17-/m1/s1. The molecule has 6 nitrogen and oxygen atoms in total. The zero-order valence-corrected chi connectivity index (χ0v) is 17.8. The second kappa shape index (κ2) is 9.10. The molecule has 2 aromatic rings. The van der Waals surface area contributed by atoms with Crippen LogP contribution in [0.15, 0.2) is 42.5 Å². The number of amides is 1. The maximum atomic E-state index is 12.6. The van der Waals surface area contributed by atoms with Crippen LogP contribution >= 0.6 is 0 Å². The van der Waals surface area contributed by atoms with Crippen LogP contribution < -0.4 is 14.4 Å². The number of sulfonamides is 1. The minimum absolute atomic E-state index is 0.260. The zero-order valence-electron chi connectivity index (χ0n) is 17.0. The molecule has 1 atom stereocenters. The topological polar surface area (TPSA) is 75.7 Å². The minimum Gasteiger partial charge on any atom is -0.494 e. The van der Waals surface area contributed by atoms with E-state index in [1.807, 2.05) is 58.0 Å². The lowest BCUT2D eigenvalue weighted by Crippen LogP contribution is -2.41. The van der Waals surface area contributed by atoms with Gasteiger partial charge in [0.1, 0.15) is 12.3 Å². The van der Waals surface area contributed by atoms with Crippen molar-refractivity contribution in [3.8, 4) is 5.75 Å². The fourth-order valence-electron chi connectivity index (χ4n) is 3.01. The van der Waals surface area contributed by atoms with E-state index in [0.717, 1.165) is 33.0 Å². The molecule has 0 fully saturated rings. The average molecular weight is 405 g/mol. The van der Waals surface area contributed by atoms with Gasteiger partial charge in [-0.25, -0.2) is 8.42 Å². The quantitative estimate of drug-likeness (QED) is 0.732. The summed E-state index contributed by atoms with van der Waals surface area (Å²) in [5.74, 6) is 0.397. The Hall–Kier alpha value is -2.54. The SMILES string of the molecule is CCOc1ccc([C@@H](C)NC(=O)CN(c2cc(C)cc(C)c2)S(C)(=O)=O)cc1. The average Bonchev–Trinajstić information content (AvgIpc) is 2.58. The largest absolute Gasteiger partial charge is 0.494 e. The van der Waals surface area contributed by atoms with Gasteiger partial charge in [0.15, 0.2) is 0 Å². The summed E-state index contributed by atoms with van der Waals surface area (Å²) in [4.78, 5) is 12.6. The maximum absolute atomic E-state index is 12.6. The van der Waals surface area contributed by atoms with Crippen molar-refractivity contribution in [2.24, 2.45) is 0 Å². The molecule has 1 N–H and O–H groups in total. The minimum atomic E-state index is -3.60. The lowest BCUT2D eigenvalue weighted by molar-refractivity contribution is -0.120. The van der Waals surface area contributed by atoms with E-state index in [4.69, 9.17) is 4.74 Å². The molecule has 0 aliphatic heterocycles. The molecule has 0 aromatic heterocycles. The Labute approximate surface area is 167 Å². The number of nitrogens with zero attached hydrogens (tertiary/aromatic N) is 1. The molecule has 1 amide bonds. The van der Waals surface area contributed by atoms with Gasteiger partial charge in [-0.05, 0) is 68.7 Å². The van der Waals surface area contributed by atoms with Crippen LogP contribution in [0.5, 0.6) is 5.75 Å². The van der Waals surface area contributed by atoms with Crippen molar-refractivity contribution in [1.29, 1.82) is 0 Å². The van der Waals surface area contributed by atoms with E-state index in [-0.39, 0.29) is 18.5 Å². The Bertz CT molecular complexity index is 904. The summed E-state index contributed by atoms with van der Waals surface area (Å²) in [5, 5.41) is 2.86. The summed E-state index contributed by atoms with van der Waals surface area (Å²) in [6, 6.07) is 12.7. The van der Waals surface area contributed by atoms with E-state index in [1.54, 1.807) is 12.1 Å². The number of carbonyl (C=O) groups is 1.